The minimum Gasteiger partial charge on any atom is -0.378 e. The molecule has 1 aliphatic rings. The molecule has 1 amide bonds. The van der Waals surface area contributed by atoms with E-state index in [9.17, 15) is 13.2 Å². The smallest absolute Gasteiger partial charge is 0.339 e. The first-order valence-electron chi connectivity index (χ1n) is 9.46. The number of halogens is 1. The van der Waals surface area contributed by atoms with Crippen LogP contribution in [0.15, 0.2) is 51.5 Å². The van der Waals surface area contributed by atoms with Gasteiger partial charge in [0.1, 0.15) is 4.90 Å². The van der Waals surface area contributed by atoms with Crippen LogP contribution in [0, 0.1) is 19.8 Å². The monoisotopic (exact) mass is 479 g/mol. The van der Waals surface area contributed by atoms with Gasteiger partial charge in [-0.05, 0) is 49.6 Å². The van der Waals surface area contributed by atoms with Gasteiger partial charge in [-0.1, -0.05) is 54.9 Å². The standard InChI is InChI=1S/C21H22ClN3O4S2/c1-12(2)19-20(26)24-21(30-19)25-23-11-15-9-13(3)5-8-18(15)29-31(27,28)16-7-6-14(4)17(22)10-16/h5-12,19H,1-4H3,(H,24,25,26)/b23-11+. The van der Waals surface area contributed by atoms with E-state index >= 15 is 0 Å². The summed E-state index contributed by atoms with van der Waals surface area (Å²) in [5.74, 6) is 0.171. The third-order valence-electron chi connectivity index (χ3n) is 4.47. The molecule has 31 heavy (non-hydrogen) atoms. The van der Waals surface area contributed by atoms with Gasteiger partial charge in [-0.2, -0.15) is 13.5 Å². The van der Waals surface area contributed by atoms with Crippen LogP contribution in [0.1, 0.15) is 30.5 Å². The molecule has 1 saturated heterocycles. The Kier molecular flexibility index (Phi) is 7.08. The fourth-order valence-electron chi connectivity index (χ4n) is 2.75. The molecule has 1 unspecified atom stereocenters. The first-order chi connectivity index (χ1) is 14.6. The van der Waals surface area contributed by atoms with Crippen molar-refractivity contribution < 1.29 is 17.4 Å². The molecule has 0 aromatic heterocycles. The van der Waals surface area contributed by atoms with Crippen molar-refractivity contribution in [1.82, 2.24) is 5.32 Å². The number of carbonyl (C=O) groups is 1. The summed E-state index contributed by atoms with van der Waals surface area (Å²) in [5.41, 5.74) is 2.08. The molecule has 2 aromatic rings. The number of hydrogen-bond acceptors (Lipinski definition) is 7. The lowest BCUT2D eigenvalue weighted by Gasteiger charge is -2.10. The van der Waals surface area contributed by atoms with Crippen LogP contribution >= 0.6 is 23.4 Å². The Bertz CT molecular complexity index is 1180. The SMILES string of the molecule is Cc1ccc(OS(=O)(=O)c2ccc(C)c(Cl)c2)c(/C=N/N=C2\NC(=O)C(C(C)C)S2)c1. The van der Waals surface area contributed by atoms with Crippen molar-refractivity contribution in [1.29, 1.82) is 0 Å². The number of thioether (sulfide) groups is 1. The van der Waals surface area contributed by atoms with E-state index in [0.717, 1.165) is 11.1 Å². The third-order valence-corrected chi connectivity index (χ3v) is 7.53. The second kappa shape index (κ2) is 9.42. The molecule has 0 radical (unpaired) electrons. The van der Waals surface area contributed by atoms with E-state index in [1.165, 1.54) is 30.1 Å². The van der Waals surface area contributed by atoms with Gasteiger partial charge in [0, 0.05) is 10.6 Å². The van der Waals surface area contributed by atoms with Crippen molar-refractivity contribution in [2.24, 2.45) is 16.1 Å². The van der Waals surface area contributed by atoms with E-state index < -0.39 is 10.1 Å². The van der Waals surface area contributed by atoms with Gasteiger partial charge in [-0.3, -0.25) is 4.79 Å². The molecular formula is C21H22ClN3O4S2. The molecule has 1 heterocycles. The number of hydrogen-bond donors (Lipinski definition) is 1. The van der Waals surface area contributed by atoms with Crippen LogP contribution in [0.25, 0.3) is 0 Å². The summed E-state index contributed by atoms with van der Waals surface area (Å²) >= 11 is 7.37. The van der Waals surface area contributed by atoms with E-state index in [-0.39, 0.29) is 27.7 Å². The fraction of sp³-hybridized carbons (Fsp3) is 0.286. The summed E-state index contributed by atoms with van der Waals surface area (Å²) in [6.07, 6.45) is 1.39. The largest absolute Gasteiger partial charge is 0.378 e. The molecule has 0 spiro atoms. The van der Waals surface area contributed by atoms with Gasteiger partial charge in [-0.15, -0.1) is 5.10 Å². The highest BCUT2D eigenvalue weighted by molar-refractivity contribution is 8.15. The summed E-state index contributed by atoms with van der Waals surface area (Å²) in [6, 6.07) is 9.42. The first-order valence-corrected chi connectivity index (χ1v) is 12.1. The van der Waals surface area contributed by atoms with Crippen LogP contribution < -0.4 is 9.50 Å². The highest BCUT2D eigenvalue weighted by atomic mass is 35.5. The lowest BCUT2D eigenvalue weighted by molar-refractivity contribution is -0.119. The van der Waals surface area contributed by atoms with Crippen molar-refractivity contribution in [2.75, 3.05) is 0 Å². The number of aryl methyl sites for hydroxylation is 2. The molecule has 1 N–H and O–H groups in total. The van der Waals surface area contributed by atoms with Crippen LogP contribution in [0.2, 0.25) is 5.02 Å². The average Bonchev–Trinajstić information content (AvgIpc) is 3.06. The Balaban J connectivity index is 1.84. The zero-order chi connectivity index (χ0) is 22.8. The Morgan fingerprint density at radius 1 is 1.19 bits per heavy atom. The minimum absolute atomic E-state index is 0.0448. The van der Waals surface area contributed by atoms with E-state index in [2.05, 4.69) is 15.5 Å². The van der Waals surface area contributed by atoms with Crippen LogP contribution in [-0.2, 0) is 14.9 Å². The lowest BCUT2D eigenvalue weighted by Crippen LogP contribution is -2.27. The molecule has 2 aromatic carbocycles. The van der Waals surface area contributed by atoms with Crippen molar-refractivity contribution >= 4 is 50.8 Å². The van der Waals surface area contributed by atoms with Gasteiger partial charge >= 0.3 is 10.1 Å². The number of rotatable bonds is 6. The van der Waals surface area contributed by atoms with Crippen LogP contribution in [0.5, 0.6) is 5.75 Å². The fourth-order valence-corrected chi connectivity index (χ4v) is 4.91. The lowest BCUT2D eigenvalue weighted by atomic mass is 10.1. The maximum Gasteiger partial charge on any atom is 0.339 e. The van der Waals surface area contributed by atoms with E-state index in [1.807, 2.05) is 20.8 Å². The van der Waals surface area contributed by atoms with Gasteiger partial charge in [0.25, 0.3) is 0 Å². The highest BCUT2D eigenvalue weighted by Crippen LogP contribution is 2.27. The number of carbonyl (C=O) groups excluding carboxylic acids is 1. The van der Waals surface area contributed by atoms with Crippen molar-refractivity contribution in [2.45, 2.75) is 37.8 Å². The Morgan fingerprint density at radius 2 is 1.94 bits per heavy atom. The molecule has 10 heteroatoms. The minimum atomic E-state index is -4.10. The second-order valence-electron chi connectivity index (χ2n) is 7.41. The summed E-state index contributed by atoms with van der Waals surface area (Å²) in [4.78, 5) is 11.9. The predicted molar refractivity (Wildman–Crippen MR) is 125 cm³/mol. The van der Waals surface area contributed by atoms with Gasteiger partial charge in [-0.25, -0.2) is 0 Å². The molecule has 0 aliphatic carbocycles. The average molecular weight is 480 g/mol. The van der Waals surface area contributed by atoms with Crippen molar-refractivity contribution in [3.63, 3.8) is 0 Å². The van der Waals surface area contributed by atoms with Crippen LogP contribution in [0.3, 0.4) is 0 Å². The zero-order valence-electron chi connectivity index (χ0n) is 17.4. The third kappa shape index (κ3) is 5.66. The normalized spacial score (nSPS) is 18.2. The molecule has 1 fully saturated rings. The Morgan fingerprint density at radius 3 is 2.58 bits per heavy atom. The summed E-state index contributed by atoms with van der Waals surface area (Å²) in [7, 11) is -4.10. The molecule has 0 saturated carbocycles. The summed E-state index contributed by atoms with van der Waals surface area (Å²) in [6.45, 7) is 7.56. The molecule has 7 nitrogen and oxygen atoms in total. The summed E-state index contributed by atoms with van der Waals surface area (Å²) < 4.78 is 30.8. The van der Waals surface area contributed by atoms with Gasteiger partial charge in [0.05, 0.1) is 11.5 Å². The maximum absolute atomic E-state index is 12.7. The Labute approximate surface area is 191 Å². The van der Waals surface area contributed by atoms with Crippen molar-refractivity contribution in [3.05, 3.63) is 58.1 Å². The van der Waals surface area contributed by atoms with Crippen LogP contribution in [0.4, 0.5) is 0 Å². The maximum atomic E-state index is 12.7. The topological polar surface area (TPSA) is 97.2 Å². The second-order valence-corrected chi connectivity index (χ2v) is 10.5. The number of amidine groups is 1. The Hall–Kier alpha value is -2.36. The van der Waals surface area contributed by atoms with Crippen molar-refractivity contribution in [3.8, 4) is 5.75 Å². The molecule has 164 valence electrons. The molecule has 1 aliphatic heterocycles. The number of nitrogens with one attached hydrogen (secondary N) is 1. The summed E-state index contributed by atoms with van der Waals surface area (Å²) in [5, 5.41) is 11.3. The van der Waals surface area contributed by atoms with E-state index in [1.54, 1.807) is 31.2 Å². The number of amides is 1. The van der Waals surface area contributed by atoms with E-state index in [0.29, 0.717) is 15.8 Å². The number of benzene rings is 2. The molecular weight excluding hydrogens is 458 g/mol. The molecule has 3 rings (SSSR count). The highest BCUT2D eigenvalue weighted by Gasteiger charge is 2.32. The quantitative estimate of drug-likeness (QED) is 0.378. The van der Waals surface area contributed by atoms with Gasteiger partial charge < -0.3 is 9.50 Å². The van der Waals surface area contributed by atoms with Gasteiger partial charge in [0.2, 0.25) is 5.91 Å². The van der Waals surface area contributed by atoms with E-state index in [4.69, 9.17) is 15.8 Å². The van der Waals surface area contributed by atoms with Gasteiger partial charge in [0.15, 0.2) is 10.9 Å². The molecule has 1 atom stereocenters. The first kappa shape index (κ1) is 23.3. The number of nitrogens with zero attached hydrogens (tertiary/aromatic N) is 2. The van der Waals surface area contributed by atoms with Crippen LogP contribution in [-0.4, -0.2) is 31.0 Å². The predicted octanol–water partition coefficient (Wildman–Crippen LogP) is 4.30. The molecule has 0 bridgehead atoms. The zero-order valence-corrected chi connectivity index (χ0v) is 19.8.